The summed E-state index contributed by atoms with van der Waals surface area (Å²) in [5.41, 5.74) is -0.962. The molecule has 3 nitrogen and oxygen atoms in total. The molecule has 4 fully saturated rings. The molecule has 0 amide bonds. The van der Waals surface area contributed by atoms with E-state index in [9.17, 15) is 15.3 Å². The van der Waals surface area contributed by atoms with E-state index in [0.29, 0.717) is 29.6 Å². The summed E-state index contributed by atoms with van der Waals surface area (Å²) in [6, 6.07) is 0. The van der Waals surface area contributed by atoms with E-state index in [2.05, 4.69) is 34.6 Å². The van der Waals surface area contributed by atoms with Crippen molar-refractivity contribution in [3.8, 4) is 0 Å². The zero-order valence-electron chi connectivity index (χ0n) is 20.2. The maximum Gasteiger partial charge on any atom is 0.0985 e. The van der Waals surface area contributed by atoms with Gasteiger partial charge in [-0.3, -0.25) is 0 Å². The summed E-state index contributed by atoms with van der Waals surface area (Å²) in [5.74, 6) is 4.13. The van der Waals surface area contributed by atoms with E-state index < -0.39 is 17.8 Å². The molecule has 4 rings (SSSR count). The van der Waals surface area contributed by atoms with Crippen LogP contribution in [0, 0.1) is 46.3 Å². The highest BCUT2D eigenvalue weighted by atomic mass is 16.3. The van der Waals surface area contributed by atoms with Crippen molar-refractivity contribution in [3.05, 3.63) is 0 Å². The predicted octanol–water partition coefficient (Wildman–Crippen LogP) is 5.55. The highest BCUT2D eigenvalue weighted by molar-refractivity contribution is 5.17. The van der Waals surface area contributed by atoms with Crippen molar-refractivity contribution in [2.24, 2.45) is 46.3 Å². The minimum absolute atomic E-state index is 0.253. The number of aliphatic hydroxyl groups is 3. The van der Waals surface area contributed by atoms with E-state index in [0.717, 1.165) is 37.0 Å². The summed E-state index contributed by atoms with van der Waals surface area (Å²) in [5, 5.41) is 33.0. The number of fused-ring (bicyclic) bond motifs is 5. The second-order valence-corrected chi connectivity index (χ2v) is 12.9. The highest BCUT2D eigenvalue weighted by Crippen LogP contribution is 2.69. The molecular formula is C27H48O3. The van der Waals surface area contributed by atoms with Gasteiger partial charge in [0.1, 0.15) is 0 Å². The second-order valence-electron chi connectivity index (χ2n) is 12.9. The Bertz CT molecular complexity index is 619. The average Bonchev–Trinajstić information content (AvgIpc) is 3.01. The minimum atomic E-state index is -1.11. The highest BCUT2D eigenvalue weighted by Gasteiger charge is 2.67. The fraction of sp³-hybridized carbons (Fsp3) is 1.00. The lowest BCUT2D eigenvalue weighted by molar-refractivity contribution is -0.264. The van der Waals surface area contributed by atoms with Gasteiger partial charge in [-0.15, -0.1) is 0 Å². The smallest absolute Gasteiger partial charge is 0.0985 e. The molecule has 3 heteroatoms. The zero-order valence-corrected chi connectivity index (χ0v) is 20.2. The van der Waals surface area contributed by atoms with Gasteiger partial charge in [0.2, 0.25) is 0 Å². The third kappa shape index (κ3) is 3.41. The SMILES string of the molecule is CC(C)CCC[C@H](C)[C@H]1CC[C@@H]2[C@H]3C[C@H](O)[C@@]4(O)C[C@@H](O)CC[C@]4(C)[C@@H]3CC[C@@]21C. The number of rotatable bonds is 5. The van der Waals surface area contributed by atoms with Crippen LogP contribution in [0.4, 0.5) is 0 Å². The van der Waals surface area contributed by atoms with Gasteiger partial charge in [-0.2, -0.15) is 0 Å². The molecule has 0 radical (unpaired) electrons. The van der Waals surface area contributed by atoms with Crippen molar-refractivity contribution in [1.82, 2.24) is 0 Å². The molecule has 0 aromatic rings. The Kier molecular flexibility index (Phi) is 6.17. The van der Waals surface area contributed by atoms with Crippen LogP contribution in [0.2, 0.25) is 0 Å². The molecule has 0 saturated heterocycles. The van der Waals surface area contributed by atoms with Crippen LogP contribution in [0.3, 0.4) is 0 Å². The number of aliphatic hydroxyl groups excluding tert-OH is 2. The average molecular weight is 421 g/mol. The Morgan fingerprint density at radius 3 is 2.33 bits per heavy atom. The van der Waals surface area contributed by atoms with Crippen molar-refractivity contribution < 1.29 is 15.3 Å². The fourth-order valence-electron chi connectivity index (χ4n) is 9.29. The molecule has 0 aromatic carbocycles. The quantitative estimate of drug-likeness (QED) is 0.546. The van der Waals surface area contributed by atoms with Crippen LogP contribution in [0.1, 0.15) is 105 Å². The molecule has 4 saturated carbocycles. The van der Waals surface area contributed by atoms with Gasteiger partial charge in [-0.05, 0) is 85.9 Å². The molecule has 0 unspecified atom stereocenters. The maximum atomic E-state index is 11.6. The van der Waals surface area contributed by atoms with Crippen LogP contribution >= 0.6 is 0 Å². The largest absolute Gasteiger partial charge is 0.393 e. The first-order valence-electron chi connectivity index (χ1n) is 13.1. The topological polar surface area (TPSA) is 60.7 Å². The van der Waals surface area contributed by atoms with Crippen molar-refractivity contribution >= 4 is 0 Å². The summed E-state index contributed by atoms with van der Waals surface area (Å²) in [6.07, 6.45) is 10.7. The van der Waals surface area contributed by atoms with Gasteiger partial charge in [0.25, 0.3) is 0 Å². The lowest BCUT2D eigenvalue weighted by atomic mass is 9.42. The van der Waals surface area contributed by atoms with Crippen molar-refractivity contribution in [3.63, 3.8) is 0 Å². The van der Waals surface area contributed by atoms with Gasteiger partial charge in [0.15, 0.2) is 0 Å². The van der Waals surface area contributed by atoms with Crippen molar-refractivity contribution in [1.29, 1.82) is 0 Å². The standard InChI is InChI=1S/C27H48O3/c1-17(2)7-6-8-18(3)21-9-10-22-20-15-24(29)27(30)16-19(28)11-14-26(27,5)23(20)12-13-25(21,22)4/h17-24,28-30H,6-16H2,1-5H3/t18-,19-,20+,21+,22+,23+,24-,25+,26+,27-/m0/s1. The molecule has 0 heterocycles. The number of hydrogen-bond acceptors (Lipinski definition) is 3. The van der Waals surface area contributed by atoms with Gasteiger partial charge >= 0.3 is 0 Å². The van der Waals surface area contributed by atoms with Crippen LogP contribution in [0.5, 0.6) is 0 Å². The monoisotopic (exact) mass is 420 g/mol. The first kappa shape index (κ1) is 23.1. The summed E-state index contributed by atoms with van der Waals surface area (Å²) in [4.78, 5) is 0. The van der Waals surface area contributed by atoms with Crippen LogP contribution in [-0.4, -0.2) is 33.1 Å². The van der Waals surface area contributed by atoms with E-state index in [-0.39, 0.29) is 5.41 Å². The van der Waals surface area contributed by atoms with Gasteiger partial charge in [0.05, 0.1) is 17.8 Å². The van der Waals surface area contributed by atoms with Gasteiger partial charge in [-0.1, -0.05) is 53.9 Å². The van der Waals surface area contributed by atoms with Crippen LogP contribution < -0.4 is 0 Å². The van der Waals surface area contributed by atoms with E-state index in [1.807, 2.05) is 0 Å². The van der Waals surface area contributed by atoms with Crippen molar-refractivity contribution in [2.45, 2.75) is 123 Å². The molecule has 0 aliphatic heterocycles. The Balaban J connectivity index is 1.53. The van der Waals surface area contributed by atoms with Crippen molar-refractivity contribution in [2.75, 3.05) is 0 Å². The summed E-state index contributed by atoms with van der Waals surface area (Å²) in [7, 11) is 0. The summed E-state index contributed by atoms with van der Waals surface area (Å²) >= 11 is 0. The van der Waals surface area contributed by atoms with Gasteiger partial charge in [0, 0.05) is 11.8 Å². The molecule has 4 aliphatic rings. The normalized spacial score (nSPS) is 51.9. The van der Waals surface area contributed by atoms with E-state index >= 15 is 0 Å². The summed E-state index contributed by atoms with van der Waals surface area (Å²) in [6.45, 7) is 12.0. The minimum Gasteiger partial charge on any atom is -0.393 e. The first-order chi connectivity index (χ1) is 14.0. The molecule has 0 bridgehead atoms. The lowest BCUT2D eigenvalue weighted by Crippen LogP contribution is -2.68. The first-order valence-corrected chi connectivity index (χ1v) is 13.1. The molecule has 0 spiro atoms. The van der Waals surface area contributed by atoms with E-state index in [1.165, 1.54) is 44.9 Å². The zero-order chi connectivity index (χ0) is 21.9. The van der Waals surface area contributed by atoms with E-state index in [4.69, 9.17) is 0 Å². The Morgan fingerprint density at radius 2 is 1.63 bits per heavy atom. The molecule has 3 N–H and O–H groups in total. The third-order valence-corrected chi connectivity index (χ3v) is 11.0. The van der Waals surface area contributed by atoms with Crippen LogP contribution in [0.15, 0.2) is 0 Å². The van der Waals surface area contributed by atoms with Gasteiger partial charge in [-0.25, -0.2) is 0 Å². The van der Waals surface area contributed by atoms with E-state index in [1.54, 1.807) is 0 Å². The van der Waals surface area contributed by atoms with Crippen LogP contribution in [0.25, 0.3) is 0 Å². The second kappa shape index (κ2) is 8.03. The maximum absolute atomic E-state index is 11.6. The molecule has 174 valence electrons. The predicted molar refractivity (Wildman–Crippen MR) is 122 cm³/mol. The Hall–Kier alpha value is -0.120. The molecule has 30 heavy (non-hydrogen) atoms. The molecule has 0 aromatic heterocycles. The lowest BCUT2D eigenvalue weighted by Gasteiger charge is -2.65. The third-order valence-electron chi connectivity index (χ3n) is 11.0. The molecular weight excluding hydrogens is 372 g/mol. The van der Waals surface area contributed by atoms with Gasteiger partial charge < -0.3 is 15.3 Å². The fourth-order valence-corrected chi connectivity index (χ4v) is 9.29. The Labute approximate surface area is 185 Å². The van der Waals surface area contributed by atoms with Crippen LogP contribution in [-0.2, 0) is 0 Å². The Morgan fingerprint density at radius 1 is 0.900 bits per heavy atom. The summed E-state index contributed by atoms with van der Waals surface area (Å²) < 4.78 is 0. The number of hydrogen-bond donors (Lipinski definition) is 3. The molecule has 10 atom stereocenters. The molecule has 4 aliphatic carbocycles.